The summed E-state index contributed by atoms with van der Waals surface area (Å²) < 4.78 is 5.80. The summed E-state index contributed by atoms with van der Waals surface area (Å²) in [5.74, 6) is -0.177. The van der Waals surface area contributed by atoms with E-state index in [4.69, 9.17) is 4.74 Å². The predicted molar refractivity (Wildman–Crippen MR) is 94.2 cm³/mol. The van der Waals surface area contributed by atoms with Crippen LogP contribution in [-0.4, -0.2) is 28.9 Å². The zero-order valence-electron chi connectivity index (χ0n) is 16.0. The molecular formula is C21H30O5. The molecule has 144 valence electrons. The fraction of sp³-hybridized carbons (Fsp3) is 0.857. The summed E-state index contributed by atoms with van der Waals surface area (Å²) in [6.45, 7) is 5.49. The van der Waals surface area contributed by atoms with Crippen LogP contribution in [0.5, 0.6) is 0 Å². The van der Waals surface area contributed by atoms with Crippen molar-refractivity contribution in [3.63, 3.8) is 0 Å². The van der Waals surface area contributed by atoms with Gasteiger partial charge in [-0.3, -0.25) is 14.4 Å². The number of carboxylic acid groups (broad SMARTS) is 1. The lowest BCUT2D eigenvalue weighted by atomic mass is 9.40. The van der Waals surface area contributed by atoms with Crippen LogP contribution < -0.4 is 0 Å². The van der Waals surface area contributed by atoms with Gasteiger partial charge in [0, 0.05) is 24.7 Å². The summed E-state index contributed by atoms with van der Waals surface area (Å²) in [7, 11) is 0. The number of fused-ring (bicyclic) bond motifs is 3. The van der Waals surface area contributed by atoms with Crippen molar-refractivity contribution in [2.75, 3.05) is 0 Å². The van der Waals surface area contributed by atoms with Gasteiger partial charge in [0.15, 0.2) is 0 Å². The normalized spacial score (nSPS) is 49.9. The third-order valence-corrected chi connectivity index (χ3v) is 8.80. The van der Waals surface area contributed by atoms with E-state index in [0.717, 1.165) is 32.1 Å². The van der Waals surface area contributed by atoms with Gasteiger partial charge in [-0.15, -0.1) is 0 Å². The molecule has 1 spiro atoms. The van der Waals surface area contributed by atoms with Gasteiger partial charge in [0.05, 0.1) is 5.41 Å². The number of hydrogen-bond donors (Lipinski definition) is 1. The first kappa shape index (κ1) is 18.0. The number of carbonyl (C=O) groups is 3. The Morgan fingerprint density at radius 3 is 2.46 bits per heavy atom. The standard InChI is InChI=1S/C21H30O5/c1-12(22)26-17-7-8-19(2,18(24)25)15-6-9-21-10-13(14(23)11-21)4-5-16(21)20(15,17)3/h13,15-17H,4-11H2,1-3H3,(H,24,25)/t13-,15+,16-,17-,19+,20+,21-/m0/s1. The molecule has 5 heteroatoms. The zero-order valence-corrected chi connectivity index (χ0v) is 16.0. The SMILES string of the molecule is CC(=O)O[C@H]1CC[C@@](C)(C(=O)O)[C@H]2CC[C@]34CC(=O)[C@@H](CC[C@H]3[C@]12C)C4. The second kappa shape index (κ2) is 5.56. The number of hydrogen-bond acceptors (Lipinski definition) is 4. The number of aliphatic carboxylic acids is 1. The first-order valence-electron chi connectivity index (χ1n) is 10.1. The van der Waals surface area contributed by atoms with Crippen molar-refractivity contribution < 1.29 is 24.2 Å². The quantitative estimate of drug-likeness (QED) is 0.759. The van der Waals surface area contributed by atoms with Gasteiger partial charge in [-0.25, -0.2) is 0 Å². The molecule has 0 amide bonds. The molecule has 4 aliphatic carbocycles. The fourth-order valence-electron chi connectivity index (χ4n) is 7.70. The van der Waals surface area contributed by atoms with Crippen molar-refractivity contribution in [3.8, 4) is 0 Å². The second-order valence-corrected chi connectivity index (χ2v) is 9.85. The maximum Gasteiger partial charge on any atom is 0.309 e. The van der Waals surface area contributed by atoms with Gasteiger partial charge in [-0.1, -0.05) is 6.92 Å². The van der Waals surface area contributed by atoms with Crippen molar-refractivity contribution in [2.24, 2.45) is 34.0 Å². The molecule has 0 aromatic rings. The smallest absolute Gasteiger partial charge is 0.309 e. The molecule has 0 aromatic heterocycles. The molecule has 0 aliphatic heterocycles. The van der Waals surface area contributed by atoms with Crippen LogP contribution in [0.1, 0.15) is 72.1 Å². The van der Waals surface area contributed by atoms with Crippen LogP contribution in [0.3, 0.4) is 0 Å². The monoisotopic (exact) mass is 362 g/mol. The number of rotatable bonds is 2. The maximum atomic E-state index is 12.5. The Kier molecular flexibility index (Phi) is 3.85. The van der Waals surface area contributed by atoms with Crippen molar-refractivity contribution >= 4 is 17.7 Å². The van der Waals surface area contributed by atoms with Gasteiger partial charge < -0.3 is 9.84 Å². The predicted octanol–water partition coefficient (Wildman–Crippen LogP) is 3.59. The topological polar surface area (TPSA) is 80.7 Å². The maximum absolute atomic E-state index is 12.5. The van der Waals surface area contributed by atoms with Crippen molar-refractivity contribution in [2.45, 2.75) is 78.2 Å². The van der Waals surface area contributed by atoms with Crippen molar-refractivity contribution in [1.29, 1.82) is 0 Å². The molecule has 2 bridgehead atoms. The number of esters is 1. The number of carboxylic acids is 1. The van der Waals surface area contributed by atoms with E-state index in [9.17, 15) is 19.5 Å². The van der Waals surface area contributed by atoms with Crippen molar-refractivity contribution in [1.82, 2.24) is 0 Å². The van der Waals surface area contributed by atoms with Gasteiger partial charge in [-0.05, 0) is 69.1 Å². The molecule has 5 nitrogen and oxygen atoms in total. The van der Waals surface area contributed by atoms with Gasteiger partial charge in [0.2, 0.25) is 0 Å². The third-order valence-electron chi connectivity index (χ3n) is 8.80. The van der Waals surface area contributed by atoms with E-state index in [0.29, 0.717) is 25.0 Å². The first-order valence-corrected chi connectivity index (χ1v) is 10.1. The van der Waals surface area contributed by atoms with E-state index in [1.807, 2.05) is 6.92 Å². The van der Waals surface area contributed by atoms with Crippen LogP contribution in [-0.2, 0) is 19.1 Å². The Morgan fingerprint density at radius 2 is 1.81 bits per heavy atom. The van der Waals surface area contributed by atoms with Crippen molar-refractivity contribution in [3.05, 3.63) is 0 Å². The molecule has 4 aliphatic rings. The van der Waals surface area contributed by atoms with Gasteiger partial charge in [0.25, 0.3) is 0 Å². The van der Waals surface area contributed by atoms with Crippen LogP contribution in [0, 0.1) is 34.0 Å². The summed E-state index contributed by atoms with van der Waals surface area (Å²) in [5, 5.41) is 10.0. The summed E-state index contributed by atoms with van der Waals surface area (Å²) >= 11 is 0. The molecule has 4 fully saturated rings. The molecule has 1 N–H and O–H groups in total. The highest BCUT2D eigenvalue weighted by molar-refractivity contribution is 5.84. The average molecular weight is 362 g/mol. The van der Waals surface area contributed by atoms with E-state index in [-0.39, 0.29) is 40.7 Å². The molecule has 4 saturated carbocycles. The minimum absolute atomic E-state index is 0.000399. The minimum Gasteiger partial charge on any atom is -0.481 e. The average Bonchev–Trinajstić information content (AvgIpc) is 2.79. The van der Waals surface area contributed by atoms with E-state index in [2.05, 4.69) is 6.92 Å². The lowest BCUT2D eigenvalue weighted by Gasteiger charge is -2.64. The lowest BCUT2D eigenvalue weighted by molar-refractivity contribution is -0.221. The number of ether oxygens (including phenoxy) is 1. The summed E-state index contributed by atoms with van der Waals surface area (Å²) in [6, 6.07) is 0. The van der Waals surface area contributed by atoms with Crippen LogP contribution in [0.15, 0.2) is 0 Å². The van der Waals surface area contributed by atoms with Crippen LogP contribution in [0.4, 0.5) is 0 Å². The second-order valence-electron chi connectivity index (χ2n) is 9.85. The molecule has 0 saturated heterocycles. The number of Topliss-reactive ketones (excluding diaryl/α,β-unsaturated/α-hetero) is 1. The summed E-state index contributed by atoms with van der Waals surface area (Å²) in [6.07, 6.45) is 6.11. The Balaban J connectivity index is 1.80. The summed E-state index contributed by atoms with van der Waals surface area (Å²) in [4.78, 5) is 36.5. The molecule has 4 rings (SSSR count). The minimum atomic E-state index is -0.785. The third kappa shape index (κ3) is 2.18. The van der Waals surface area contributed by atoms with Crippen LogP contribution >= 0.6 is 0 Å². The number of carbonyl (C=O) groups excluding carboxylic acids is 2. The largest absolute Gasteiger partial charge is 0.481 e. The molecule has 0 aromatic carbocycles. The zero-order chi connectivity index (χ0) is 18.9. The van der Waals surface area contributed by atoms with Crippen LogP contribution in [0.25, 0.3) is 0 Å². The van der Waals surface area contributed by atoms with E-state index >= 15 is 0 Å². The molecular weight excluding hydrogens is 332 g/mol. The Morgan fingerprint density at radius 1 is 1.08 bits per heavy atom. The van der Waals surface area contributed by atoms with E-state index in [1.165, 1.54) is 6.92 Å². The van der Waals surface area contributed by atoms with Gasteiger partial charge in [-0.2, -0.15) is 0 Å². The Labute approximate surface area is 154 Å². The highest BCUT2D eigenvalue weighted by atomic mass is 16.5. The molecule has 0 heterocycles. The summed E-state index contributed by atoms with van der Waals surface area (Å²) in [5.41, 5.74) is -1.15. The highest BCUT2D eigenvalue weighted by Gasteiger charge is 2.69. The van der Waals surface area contributed by atoms with Gasteiger partial charge in [0.1, 0.15) is 11.9 Å². The lowest BCUT2D eigenvalue weighted by Crippen LogP contribution is -2.64. The Hall–Kier alpha value is -1.39. The molecule has 0 radical (unpaired) electrons. The van der Waals surface area contributed by atoms with E-state index < -0.39 is 11.4 Å². The molecule has 0 unspecified atom stereocenters. The highest BCUT2D eigenvalue weighted by Crippen LogP contribution is 2.71. The Bertz CT molecular complexity index is 671. The van der Waals surface area contributed by atoms with E-state index in [1.54, 1.807) is 0 Å². The number of ketones is 1. The fourth-order valence-corrected chi connectivity index (χ4v) is 7.70. The van der Waals surface area contributed by atoms with Gasteiger partial charge >= 0.3 is 11.9 Å². The first-order chi connectivity index (χ1) is 12.1. The molecule has 26 heavy (non-hydrogen) atoms. The molecule has 7 atom stereocenters. The van der Waals surface area contributed by atoms with Crippen LogP contribution in [0.2, 0.25) is 0 Å².